The SMILES string of the molecule is CN(CC(=O)Nc1sccc1C(=O)O)c1ccc(Cl)cn1. The number of hydrogen-bond donors (Lipinski definition) is 2. The van der Waals surface area contributed by atoms with Crippen LogP contribution in [0.15, 0.2) is 29.8 Å². The molecule has 0 aliphatic heterocycles. The molecule has 2 aromatic heterocycles. The highest BCUT2D eigenvalue weighted by Crippen LogP contribution is 2.23. The van der Waals surface area contributed by atoms with Crippen LogP contribution in [-0.2, 0) is 4.79 Å². The highest BCUT2D eigenvalue weighted by molar-refractivity contribution is 7.14. The van der Waals surface area contributed by atoms with E-state index in [9.17, 15) is 9.59 Å². The van der Waals surface area contributed by atoms with Gasteiger partial charge in [0.25, 0.3) is 0 Å². The van der Waals surface area contributed by atoms with Crippen molar-refractivity contribution in [3.05, 3.63) is 40.4 Å². The molecule has 2 N–H and O–H groups in total. The second kappa shape index (κ2) is 6.55. The number of anilines is 2. The Labute approximate surface area is 130 Å². The van der Waals surface area contributed by atoms with E-state index in [2.05, 4.69) is 10.3 Å². The summed E-state index contributed by atoms with van der Waals surface area (Å²) in [5, 5.41) is 14.0. The third-order valence-electron chi connectivity index (χ3n) is 2.63. The number of carboxylic acids is 1. The minimum atomic E-state index is -1.07. The van der Waals surface area contributed by atoms with Gasteiger partial charge in [0.2, 0.25) is 5.91 Å². The summed E-state index contributed by atoms with van der Waals surface area (Å²) in [6.07, 6.45) is 1.49. The molecule has 8 heteroatoms. The van der Waals surface area contributed by atoms with E-state index in [0.29, 0.717) is 15.8 Å². The summed E-state index contributed by atoms with van der Waals surface area (Å²) < 4.78 is 0. The molecule has 0 saturated carbocycles. The Morgan fingerprint density at radius 3 is 2.81 bits per heavy atom. The van der Waals surface area contributed by atoms with E-state index in [1.54, 1.807) is 29.5 Å². The fourth-order valence-corrected chi connectivity index (χ4v) is 2.54. The van der Waals surface area contributed by atoms with Crippen molar-refractivity contribution in [2.75, 3.05) is 23.8 Å². The van der Waals surface area contributed by atoms with Gasteiger partial charge >= 0.3 is 5.97 Å². The molecule has 0 radical (unpaired) electrons. The summed E-state index contributed by atoms with van der Waals surface area (Å²) in [6, 6.07) is 4.83. The fraction of sp³-hybridized carbons (Fsp3) is 0.154. The number of likely N-dealkylation sites (N-methyl/N-ethyl adjacent to an activating group) is 1. The summed E-state index contributed by atoms with van der Waals surface area (Å²) in [5.74, 6) is -0.794. The number of hydrogen-bond acceptors (Lipinski definition) is 5. The Balaban J connectivity index is 1.99. The van der Waals surface area contributed by atoms with Crippen molar-refractivity contribution < 1.29 is 14.7 Å². The van der Waals surface area contributed by atoms with Gasteiger partial charge in [-0.1, -0.05) is 11.6 Å². The zero-order valence-electron chi connectivity index (χ0n) is 11.0. The second-order valence-corrected chi connectivity index (χ2v) is 5.56. The number of amides is 1. The topological polar surface area (TPSA) is 82.5 Å². The monoisotopic (exact) mass is 325 g/mol. The number of aromatic nitrogens is 1. The van der Waals surface area contributed by atoms with E-state index < -0.39 is 5.97 Å². The molecule has 0 saturated heterocycles. The minimum Gasteiger partial charge on any atom is -0.478 e. The normalized spacial score (nSPS) is 10.2. The fourth-order valence-electron chi connectivity index (χ4n) is 1.63. The number of thiophene rings is 1. The Bertz CT molecular complexity index is 657. The summed E-state index contributed by atoms with van der Waals surface area (Å²) >= 11 is 6.92. The molecule has 110 valence electrons. The third kappa shape index (κ3) is 3.93. The van der Waals surface area contributed by atoms with E-state index in [-0.39, 0.29) is 18.0 Å². The first-order valence-corrected chi connectivity index (χ1v) is 7.16. The number of pyridine rings is 1. The van der Waals surface area contributed by atoms with Crippen LogP contribution in [0.3, 0.4) is 0 Å². The molecule has 0 aliphatic rings. The molecule has 2 heterocycles. The molecule has 0 unspecified atom stereocenters. The van der Waals surface area contributed by atoms with Crippen LogP contribution >= 0.6 is 22.9 Å². The van der Waals surface area contributed by atoms with Gasteiger partial charge in [-0.05, 0) is 23.6 Å². The number of halogens is 1. The maximum Gasteiger partial charge on any atom is 0.338 e. The third-order valence-corrected chi connectivity index (χ3v) is 3.69. The zero-order valence-corrected chi connectivity index (χ0v) is 12.6. The van der Waals surface area contributed by atoms with Crippen molar-refractivity contribution in [2.24, 2.45) is 0 Å². The number of rotatable bonds is 5. The average molecular weight is 326 g/mol. The van der Waals surface area contributed by atoms with Gasteiger partial charge in [0.1, 0.15) is 10.8 Å². The average Bonchev–Trinajstić information content (AvgIpc) is 2.87. The summed E-state index contributed by atoms with van der Waals surface area (Å²) in [5.41, 5.74) is 0.0839. The number of nitrogens with zero attached hydrogens (tertiary/aromatic N) is 2. The molecule has 0 fully saturated rings. The first-order valence-electron chi connectivity index (χ1n) is 5.90. The van der Waals surface area contributed by atoms with E-state index in [0.717, 1.165) is 0 Å². The molecular weight excluding hydrogens is 314 g/mol. The van der Waals surface area contributed by atoms with Crippen LogP contribution in [0, 0.1) is 0 Å². The Morgan fingerprint density at radius 2 is 2.19 bits per heavy atom. The van der Waals surface area contributed by atoms with Gasteiger partial charge in [-0.15, -0.1) is 11.3 Å². The van der Waals surface area contributed by atoms with E-state index in [1.807, 2.05) is 0 Å². The number of carboxylic acid groups (broad SMARTS) is 1. The van der Waals surface area contributed by atoms with Gasteiger partial charge in [0, 0.05) is 13.2 Å². The van der Waals surface area contributed by atoms with Crippen molar-refractivity contribution in [1.82, 2.24) is 4.98 Å². The van der Waals surface area contributed by atoms with Crippen LogP contribution in [0.25, 0.3) is 0 Å². The van der Waals surface area contributed by atoms with Crippen LogP contribution < -0.4 is 10.2 Å². The molecule has 6 nitrogen and oxygen atoms in total. The number of carbonyl (C=O) groups is 2. The maximum atomic E-state index is 11.9. The lowest BCUT2D eigenvalue weighted by Crippen LogP contribution is -2.30. The van der Waals surface area contributed by atoms with Gasteiger partial charge in [-0.3, -0.25) is 4.79 Å². The quantitative estimate of drug-likeness (QED) is 0.882. The predicted octanol–water partition coefficient (Wildman–Crippen LogP) is 2.57. The summed E-state index contributed by atoms with van der Waals surface area (Å²) in [6.45, 7) is 0.0472. The highest BCUT2D eigenvalue weighted by Gasteiger charge is 2.15. The van der Waals surface area contributed by atoms with Gasteiger partial charge in [-0.2, -0.15) is 0 Å². The number of nitrogens with one attached hydrogen (secondary N) is 1. The molecule has 0 aliphatic carbocycles. The van der Waals surface area contributed by atoms with Gasteiger partial charge < -0.3 is 15.3 Å². The summed E-state index contributed by atoms with van der Waals surface area (Å²) in [4.78, 5) is 28.6. The molecule has 0 spiro atoms. The van der Waals surface area contributed by atoms with Gasteiger partial charge in [0.15, 0.2) is 0 Å². The highest BCUT2D eigenvalue weighted by atomic mass is 35.5. The number of aromatic carboxylic acids is 1. The smallest absolute Gasteiger partial charge is 0.338 e. The Kier molecular flexibility index (Phi) is 4.77. The van der Waals surface area contributed by atoms with E-state index in [4.69, 9.17) is 16.7 Å². The molecule has 2 aromatic rings. The zero-order chi connectivity index (χ0) is 15.4. The predicted molar refractivity (Wildman–Crippen MR) is 82.4 cm³/mol. The molecule has 0 atom stereocenters. The Hall–Kier alpha value is -2.12. The Morgan fingerprint density at radius 1 is 1.43 bits per heavy atom. The van der Waals surface area contributed by atoms with Crippen LogP contribution in [0.2, 0.25) is 5.02 Å². The van der Waals surface area contributed by atoms with Crippen LogP contribution in [0.5, 0.6) is 0 Å². The lowest BCUT2D eigenvalue weighted by atomic mass is 10.3. The van der Waals surface area contributed by atoms with Crippen LogP contribution in [0.1, 0.15) is 10.4 Å². The van der Waals surface area contributed by atoms with E-state index >= 15 is 0 Å². The molecule has 1 amide bonds. The molecule has 0 bridgehead atoms. The van der Waals surface area contributed by atoms with Crippen LogP contribution in [0.4, 0.5) is 10.8 Å². The molecular formula is C13H12ClN3O3S. The van der Waals surface area contributed by atoms with E-state index in [1.165, 1.54) is 23.6 Å². The first-order chi connectivity index (χ1) is 9.97. The number of carbonyl (C=O) groups excluding carboxylic acids is 1. The standard InChI is InChI=1S/C13H12ClN3O3S/c1-17(10-3-2-8(14)6-15-10)7-11(18)16-12-9(13(19)20)4-5-21-12/h2-6H,7H2,1H3,(H,16,18)(H,19,20). The van der Waals surface area contributed by atoms with Crippen molar-refractivity contribution in [3.8, 4) is 0 Å². The van der Waals surface area contributed by atoms with Crippen LogP contribution in [-0.4, -0.2) is 35.6 Å². The minimum absolute atomic E-state index is 0.0472. The van der Waals surface area contributed by atoms with Crippen molar-refractivity contribution in [3.63, 3.8) is 0 Å². The lowest BCUT2D eigenvalue weighted by molar-refractivity contribution is -0.114. The largest absolute Gasteiger partial charge is 0.478 e. The van der Waals surface area contributed by atoms with Gasteiger partial charge in [-0.25, -0.2) is 9.78 Å². The maximum absolute atomic E-state index is 11.9. The lowest BCUT2D eigenvalue weighted by Gasteiger charge is -2.17. The van der Waals surface area contributed by atoms with Gasteiger partial charge in [0.05, 0.1) is 17.1 Å². The molecule has 21 heavy (non-hydrogen) atoms. The second-order valence-electron chi connectivity index (χ2n) is 4.21. The summed E-state index contributed by atoms with van der Waals surface area (Å²) in [7, 11) is 1.71. The van der Waals surface area contributed by atoms with Crippen molar-refractivity contribution >= 4 is 45.6 Å². The first kappa shape index (κ1) is 15.3. The molecule has 2 rings (SSSR count). The van der Waals surface area contributed by atoms with Crippen molar-refractivity contribution in [2.45, 2.75) is 0 Å². The molecule has 0 aromatic carbocycles. The van der Waals surface area contributed by atoms with Crippen molar-refractivity contribution in [1.29, 1.82) is 0 Å².